The van der Waals surface area contributed by atoms with Crippen LogP contribution in [0.2, 0.25) is 5.15 Å². The van der Waals surface area contributed by atoms with Crippen molar-refractivity contribution in [3.8, 4) is 11.9 Å². The molecule has 0 fully saturated rings. The van der Waals surface area contributed by atoms with Crippen LogP contribution in [-0.4, -0.2) is 19.5 Å². The molecule has 0 aliphatic heterocycles. The zero-order chi connectivity index (χ0) is 13.4. The smallest absolute Gasteiger partial charge is 0.151 e. The van der Waals surface area contributed by atoms with Crippen LogP contribution in [0, 0.1) is 14.9 Å². The first-order valence-corrected chi connectivity index (χ1v) is 6.70. The van der Waals surface area contributed by atoms with Gasteiger partial charge >= 0.3 is 0 Å². The molecule has 92 valence electrons. The van der Waals surface area contributed by atoms with Crippen molar-refractivity contribution in [2.45, 2.75) is 0 Å². The Bertz CT molecular complexity index is 821. The van der Waals surface area contributed by atoms with Crippen LogP contribution in [0.3, 0.4) is 0 Å². The summed E-state index contributed by atoms with van der Waals surface area (Å²) >= 11 is 8.25. The Morgan fingerprint density at radius 2 is 2.16 bits per heavy atom. The van der Waals surface area contributed by atoms with E-state index in [0.717, 1.165) is 8.96 Å². The standard InChI is InChI=1S/C12H5ClIN5/c13-11-10-8(14)5-19(12(10)18-6-17-11)9-3-7(4-15)1-2-16-9/h1-3,5-6H. The molecule has 0 bridgehead atoms. The summed E-state index contributed by atoms with van der Waals surface area (Å²) in [5.74, 6) is 0.627. The van der Waals surface area contributed by atoms with Crippen molar-refractivity contribution in [3.63, 3.8) is 0 Å². The van der Waals surface area contributed by atoms with Gasteiger partial charge in [0.05, 0.1) is 17.0 Å². The summed E-state index contributed by atoms with van der Waals surface area (Å²) in [6.45, 7) is 0. The molecule has 0 spiro atoms. The van der Waals surface area contributed by atoms with E-state index in [1.807, 2.05) is 6.20 Å². The van der Waals surface area contributed by atoms with E-state index in [2.05, 4.69) is 43.6 Å². The number of hydrogen-bond donors (Lipinski definition) is 0. The minimum absolute atomic E-state index is 0.407. The Morgan fingerprint density at radius 3 is 2.95 bits per heavy atom. The van der Waals surface area contributed by atoms with Crippen LogP contribution in [0.5, 0.6) is 0 Å². The van der Waals surface area contributed by atoms with E-state index in [-0.39, 0.29) is 0 Å². The second kappa shape index (κ2) is 4.75. The lowest BCUT2D eigenvalue weighted by molar-refractivity contribution is 1.01. The molecule has 0 saturated heterocycles. The molecule has 5 nitrogen and oxygen atoms in total. The van der Waals surface area contributed by atoms with E-state index in [1.54, 1.807) is 22.9 Å². The quantitative estimate of drug-likeness (QED) is 0.480. The average molecular weight is 382 g/mol. The van der Waals surface area contributed by atoms with Crippen LogP contribution < -0.4 is 0 Å². The van der Waals surface area contributed by atoms with Gasteiger partial charge in [-0.15, -0.1) is 0 Å². The largest absolute Gasteiger partial charge is 0.284 e. The Morgan fingerprint density at radius 1 is 1.32 bits per heavy atom. The zero-order valence-corrected chi connectivity index (χ0v) is 12.3. The Balaban J connectivity index is 2.32. The van der Waals surface area contributed by atoms with E-state index in [4.69, 9.17) is 16.9 Å². The van der Waals surface area contributed by atoms with Gasteiger partial charge in [0.2, 0.25) is 0 Å². The maximum atomic E-state index is 8.94. The molecule has 0 saturated carbocycles. The fourth-order valence-electron chi connectivity index (χ4n) is 1.78. The highest BCUT2D eigenvalue weighted by molar-refractivity contribution is 14.1. The predicted molar refractivity (Wildman–Crippen MR) is 79.1 cm³/mol. The van der Waals surface area contributed by atoms with Gasteiger partial charge < -0.3 is 0 Å². The molecule has 19 heavy (non-hydrogen) atoms. The monoisotopic (exact) mass is 381 g/mol. The maximum absolute atomic E-state index is 8.94. The summed E-state index contributed by atoms with van der Waals surface area (Å²) in [6.07, 6.45) is 4.87. The lowest BCUT2D eigenvalue weighted by Gasteiger charge is -2.03. The van der Waals surface area contributed by atoms with Gasteiger partial charge in [0.25, 0.3) is 0 Å². The number of pyridine rings is 1. The van der Waals surface area contributed by atoms with Gasteiger partial charge in [0.1, 0.15) is 17.3 Å². The van der Waals surface area contributed by atoms with Crippen LogP contribution in [0.25, 0.3) is 16.9 Å². The molecule has 0 atom stereocenters. The number of hydrogen-bond acceptors (Lipinski definition) is 4. The fraction of sp³-hybridized carbons (Fsp3) is 0. The Labute approximate surface area is 127 Å². The molecule has 7 heteroatoms. The number of rotatable bonds is 1. The normalized spacial score (nSPS) is 10.6. The molecule has 0 N–H and O–H groups in total. The molecule has 0 unspecified atom stereocenters. The number of fused-ring (bicyclic) bond motifs is 1. The summed E-state index contributed by atoms with van der Waals surface area (Å²) in [5.41, 5.74) is 1.22. The topological polar surface area (TPSA) is 67.4 Å². The Kier molecular flexibility index (Phi) is 3.08. The van der Waals surface area contributed by atoms with Gasteiger partial charge in [-0.1, -0.05) is 11.6 Å². The SMILES string of the molecule is N#Cc1ccnc(-n2cc(I)c3c(Cl)ncnc32)c1. The van der Waals surface area contributed by atoms with Crippen molar-refractivity contribution < 1.29 is 0 Å². The Hall–Kier alpha value is -1.72. The predicted octanol–water partition coefficient (Wildman–Crippen LogP) is 2.95. The summed E-state index contributed by atoms with van der Waals surface area (Å²) in [5, 5.41) is 10.1. The molecule has 0 radical (unpaired) electrons. The van der Waals surface area contributed by atoms with Gasteiger partial charge in [-0.2, -0.15) is 5.26 Å². The first-order chi connectivity index (χ1) is 9.20. The lowest BCUT2D eigenvalue weighted by Crippen LogP contribution is -1.97. The van der Waals surface area contributed by atoms with Gasteiger partial charge in [-0.25, -0.2) is 15.0 Å². The van der Waals surface area contributed by atoms with Crippen LogP contribution >= 0.6 is 34.2 Å². The first kappa shape index (κ1) is 12.3. The van der Waals surface area contributed by atoms with Crippen LogP contribution in [-0.2, 0) is 0 Å². The van der Waals surface area contributed by atoms with E-state index < -0.39 is 0 Å². The summed E-state index contributed by atoms with van der Waals surface area (Å²) in [6, 6.07) is 5.44. The lowest BCUT2D eigenvalue weighted by atomic mass is 10.3. The van der Waals surface area contributed by atoms with Crippen molar-refractivity contribution in [2.75, 3.05) is 0 Å². The van der Waals surface area contributed by atoms with E-state index in [0.29, 0.717) is 22.2 Å². The van der Waals surface area contributed by atoms with Crippen molar-refractivity contribution in [3.05, 3.63) is 45.1 Å². The second-order valence-corrected chi connectivity index (χ2v) is 5.24. The third-order valence-electron chi connectivity index (χ3n) is 2.61. The highest BCUT2D eigenvalue weighted by atomic mass is 127. The van der Waals surface area contributed by atoms with Crippen LogP contribution in [0.1, 0.15) is 5.56 Å². The van der Waals surface area contributed by atoms with Crippen molar-refractivity contribution >= 4 is 45.2 Å². The van der Waals surface area contributed by atoms with Gasteiger partial charge in [0, 0.05) is 16.0 Å². The minimum atomic E-state index is 0.407. The summed E-state index contributed by atoms with van der Waals surface area (Å²) < 4.78 is 2.73. The van der Waals surface area contributed by atoms with Crippen molar-refractivity contribution in [2.24, 2.45) is 0 Å². The molecular weight excluding hydrogens is 377 g/mol. The number of nitrogens with zero attached hydrogens (tertiary/aromatic N) is 5. The van der Waals surface area contributed by atoms with Crippen molar-refractivity contribution in [1.82, 2.24) is 19.5 Å². The summed E-state index contributed by atoms with van der Waals surface area (Å²) in [4.78, 5) is 12.5. The van der Waals surface area contributed by atoms with E-state index in [9.17, 15) is 0 Å². The highest BCUT2D eigenvalue weighted by Gasteiger charge is 2.13. The number of halogens is 2. The first-order valence-electron chi connectivity index (χ1n) is 5.24. The van der Waals surface area contributed by atoms with Gasteiger partial charge in [-0.05, 0) is 34.7 Å². The molecular formula is C12H5ClIN5. The molecule has 0 amide bonds. The molecule has 0 aliphatic carbocycles. The van der Waals surface area contributed by atoms with Crippen LogP contribution in [0.15, 0.2) is 30.9 Å². The molecule has 3 aromatic heterocycles. The van der Waals surface area contributed by atoms with E-state index >= 15 is 0 Å². The molecule has 0 aromatic carbocycles. The number of aromatic nitrogens is 4. The second-order valence-electron chi connectivity index (χ2n) is 3.72. The van der Waals surface area contributed by atoms with Crippen LogP contribution in [0.4, 0.5) is 0 Å². The highest BCUT2D eigenvalue weighted by Crippen LogP contribution is 2.28. The molecule has 3 aromatic rings. The van der Waals surface area contributed by atoms with E-state index in [1.165, 1.54) is 6.33 Å². The third kappa shape index (κ3) is 2.05. The molecule has 3 heterocycles. The maximum Gasteiger partial charge on any atom is 0.151 e. The summed E-state index contributed by atoms with van der Waals surface area (Å²) in [7, 11) is 0. The zero-order valence-electron chi connectivity index (χ0n) is 9.38. The third-order valence-corrected chi connectivity index (χ3v) is 3.72. The minimum Gasteiger partial charge on any atom is -0.284 e. The van der Waals surface area contributed by atoms with Gasteiger partial charge in [0.15, 0.2) is 5.65 Å². The van der Waals surface area contributed by atoms with Gasteiger partial charge in [-0.3, -0.25) is 4.57 Å². The number of nitriles is 1. The average Bonchev–Trinajstić information content (AvgIpc) is 2.78. The van der Waals surface area contributed by atoms with Crippen molar-refractivity contribution in [1.29, 1.82) is 5.26 Å². The fourth-order valence-corrected chi connectivity index (χ4v) is 2.94. The molecule has 3 rings (SSSR count). The molecule has 0 aliphatic rings.